The monoisotopic (exact) mass is 158 g/mol. The average Bonchev–Trinajstić information content (AvgIpc) is 2.50. The van der Waals surface area contributed by atoms with E-state index in [9.17, 15) is 0 Å². The van der Waals surface area contributed by atoms with Crippen molar-refractivity contribution in [3.63, 3.8) is 0 Å². The maximum atomic E-state index is 5.42. The van der Waals surface area contributed by atoms with Crippen LogP contribution in [-0.2, 0) is 4.74 Å². The van der Waals surface area contributed by atoms with Gasteiger partial charge in [-0.15, -0.1) is 0 Å². The Balaban J connectivity index is 1.86. The largest absolute Gasteiger partial charge is 0.380 e. The zero-order chi connectivity index (χ0) is 7.94. The molecule has 66 valence electrons. The van der Waals surface area contributed by atoms with Gasteiger partial charge in [-0.05, 0) is 32.4 Å². The van der Waals surface area contributed by atoms with Gasteiger partial charge in [-0.2, -0.15) is 0 Å². The maximum absolute atomic E-state index is 5.42. The van der Waals surface area contributed by atoms with Crippen LogP contribution in [0.5, 0.6) is 0 Å². The van der Waals surface area contributed by atoms with Crippen molar-refractivity contribution < 1.29 is 4.74 Å². The van der Waals surface area contributed by atoms with Crippen LogP contribution in [0.1, 0.15) is 19.3 Å². The lowest BCUT2D eigenvalue weighted by Crippen LogP contribution is -2.27. The first-order chi connectivity index (χ1) is 5.43. The summed E-state index contributed by atoms with van der Waals surface area (Å²) in [6.45, 7) is 3.57. The third-order valence-corrected chi connectivity index (χ3v) is 1.97. The average molecular weight is 158 g/mol. The summed E-state index contributed by atoms with van der Waals surface area (Å²) in [6.07, 6.45) is 3.54. The van der Waals surface area contributed by atoms with Gasteiger partial charge in [0.2, 0.25) is 0 Å². The van der Waals surface area contributed by atoms with E-state index in [1.54, 1.807) is 0 Å². The van der Waals surface area contributed by atoms with E-state index in [-0.39, 0.29) is 0 Å². The van der Waals surface area contributed by atoms with Crippen LogP contribution in [0.3, 0.4) is 0 Å². The van der Waals surface area contributed by atoms with E-state index in [2.05, 4.69) is 5.32 Å². The Labute approximate surface area is 68.3 Å². The molecule has 3 nitrogen and oxygen atoms in total. The minimum Gasteiger partial charge on any atom is -0.380 e. The van der Waals surface area contributed by atoms with Crippen molar-refractivity contribution in [2.24, 2.45) is 5.73 Å². The Hall–Kier alpha value is -0.120. The molecule has 0 bridgehead atoms. The van der Waals surface area contributed by atoms with E-state index >= 15 is 0 Å². The molecule has 1 fully saturated rings. The van der Waals surface area contributed by atoms with Gasteiger partial charge < -0.3 is 15.8 Å². The van der Waals surface area contributed by atoms with Crippen LogP contribution in [0.4, 0.5) is 0 Å². The molecule has 1 aliphatic rings. The summed E-state index contributed by atoms with van der Waals surface area (Å²) in [7, 11) is 0. The molecule has 0 amide bonds. The number of ether oxygens (including phenoxy) is 1. The fourth-order valence-electron chi connectivity index (χ4n) is 1.31. The molecule has 1 atom stereocenters. The smallest absolute Gasteiger partial charge is 0.0619 e. The highest BCUT2D eigenvalue weighted by atomic mass is 16.5. The Morgan fingerprint density at radius 1 is 1.55 bits per heavy atom. The lowest BCUT2D eigenvalue weighted by molar-refractivity contribution is 0.115. The highest BCUT2D eigenvalue weighted by Gasteiger charge is 2.12. The Kier molecular flexibility index (Phi) is 4.50. The minimum atomic E-state index is 0.604. The van der Waals surface area contributed by atoms with Crippen molar-refractivity contribution in [1.29, 1.82) is 0 Å². The first-order valence-electron chi connectivity index (χ1n) is 4.44. The second kappa shape index (κ2) is 5.52. The highest BCUT2D eigenvalue weighted by Crippen LogP contribution is 2.04. The second-order valence-corrected chi connectivity index (χ2v) is 3.01. The zero-order valence-corrected chi connectivity index (χ0v) is 7.01. The summed E-state index contributed by atoms with van der Waals surface area (Å²) in [4.78, 5) is 0. The molecule has 1 heterocycles. The van der Waals surface area contributed by atoms with Crippen LogP contribution in [-0.4, -0.2) is 32.3 Å². The van der Waals surface area contributed by atoms with Gasteiger partial charge in [-0.3, -0.25) is 0 Å². The van der Waals surface area contributed by atoms with Crippen molar-refractivity contribution in [2.75, 3.05) is 26.3 Å². The molecular formula is C8H18N2O. The standard InChI is InChI=1S/C8H18N2O/c9-4-2-6-11-7-8-3-1-5-10-8/h8,10H,1-7,9H2. The normalized spacial score (nSPS) is 24.3. The van der Waals surface area contributed by atoms with Gasteiger partial charge in [-0.25, -0.2) is 0 Å². The molecule has 0 spiro atoms. The van der Waals surface area contributed by atoms with E-state index < -0.39 is 0 Å². The van der Waals surface area contributed by atoms with E-state index in [0.717, 1.165) is 32.7 Å². The summed E-state index contributed by atoms with van der Waals surface area (Å²) in [5, 5.41) is 3.38. The number of nitrogens with two attached hydrogens (primary N) is 1. The molecule has 1 saturated heterocycles. The Bertz CT molecular complexity index is 92.1. The quantitative estimate of drug-likeness (QED) is 0.558. The molecule has 1 aliphatic heterocycles. The van der Waals surface area contributed by atoms with Crippen LogP contribution < -0.4 is 11.1 Å². The molecule has 0 radical (unpaired) electrons. The van der Waals surface area contributed by atoms with Gasteiger partial charge >= 0.3 is 0 Å². The van der Waals surface area contributed by atoms with Gasteiger partial charge in [0.05, 0.1) is 6.61 Å². The summed E-state index contributed by atoms with van der Waals surface area (Å²) < 4.78 is 5.42. The van der Waals surface area contributed by atoms with Crippen molar-refractivity contribution in [1.82, 2.24) is 5.32 Å². The lowest BCUT2D eigenvalue weighted by atomic mass is 10.2. The predicted octanol–water partition coefficient (Wildman–Crippen LogP) is 0.104. The van der Waals surface area contributed by atoms with Crippen LogP contribution in [0.25, 0.3) is 0 Å². The highest BCUT2D eigenvalue weighted by molar-refractivity contribution is 4.73. The Morgan fingerprint density at radius 2 is 2.45 bits per heavy atom. The van der Waals surface area contributed by atoms with E-state index in [1.807, 2.05) is 0 Å². The van der Waals surface area contributed by atoms with Crippen molar-refractivity contribution >= 4 is 0 Å². The van der Waals surface area contributed by atoms with Gasteiger partial charge in [0.1, 0.15) is 0 Å². The molecule has 1 rings (SSSR count). The maximum Gasteiger partial charge on any atom is 0.0619 e. The van der Waals surface area contributed by atoms with Crippen molar-refractivity contribution in [3.8, 4) is 0 Å². The minimum absolute atomic E-state index is 0.604. The first kappa shape index (κ1) is 8.97. The zero-order valence-electron chi connectivity index (χ0n) is 7.01. The molecule has 11 heavy (non-hydrogen) atoms. The topological polar surface area (TPSA) is 47.3 Å². The fourth-order valence-corrected chi connectivity index (χ4v) is 1.31. The summed E-state index contributed by atoms with van der Waals surface area (Å²) in [6, 6.07) is 0.604. The van der Waals surface area contributed by atoms with Crippen LogP contribution in [0, 0.1) is 0 Å². The van der Waals surface area contributed by atoms with Crippen LogP contribution >= 0.6 is 0 Å². The summed E-state index contributed by atoms with van der Waals surface area (Å²) >= 11 is 0. The van der Waals surface area contributed by atoms with E-state index in [4.69, 9.17) is 10.5 Å². The molecule has 0 aromatic rings. The number of nitrogens with one attached hydrogen (secondary N) is 1. The third-order valence-electron chi connectivity index (χ3n) is 1.97. The van der Waals surface area contributed by atoms with Crippen LogP contribution in [0.2, 0.25) is 0 Å². The molecule has 3 heteroatoms. The molecule has 3 N–H and O–H groups in total. The van der Waals surface area contributed by atoms with Gasteiger partial charge in [0.25, 0.3) is 0 Å². The molecular weight excluding hydrogens is 140 g/mol. The lowest BCUT2D eigenvalue weighted by Gasteiger charge is -2.09. The molecule has 0 aromatic heterocycles. The summed E-state index contributed by atoms with van der Waals surface area (Å²) in [5.74, 6) is 0. The fraction of sp³-hybridized carbons (Fsp3) is 1.00. The third kappa shape index (κ3) is 3.70. The first-order valence-corrected chi connectivity index (χ1v) is 4.44. The molecule has 0 aromatic carbocycles. The van der Waals surface area contributed by atoms with Gasteiger partial charge in [0.15, 0.2) is 0 Å². The Morgan fingerprint density at radius 3 is 3.09 bits per heavy atom. The number of hydrogen-bond donors (Lipinski definition) is 2. The SMILES string of the molecule is NCCCOCC1CCCN1. The number of hydrogen-bond acceptors (Lipinski definition) is 3. The molecule has 1 unspecified atom stereocenters. The summed E-state index contributed by atoms with van der Waals surface area (Å²) in [5.41, 5.74) is 5.33. The van der Waals surface area contributed by atoms with Gasteiger partial charge in [-0.1, -0.05) is 0 Å². The van der Waals surface area contributed by atoms with Gasteiger partial charge in [0, 0.05) is 12.6 Å². The molecule has 0 aliphatic carbocycles. The predicted molar refractivity (Wildman–Crippen MR) is 45.5 cm³/mol. The van der Waals surface area contributed by atoms with E-state index in [1.165, 1.54) is 12.8 Å². The van der Waals surface area contributed by atoms with Crippen molar-refractivity contribution in [3.05, 3.63) is 0 Å². The van der Waals surface area contributed by atoms with Crippen molar-refractivity contribution in [2.45, 2.75) is 25.3 Å². The van der Waals surface area contributed by atoms with E-state index in [0.29, 0.717) is 6.04 Å². The molecule has 0 saturated carbocycles. The number of rotatable bonds is 5. The second-order valence-electron chi connectivity index (χ2n) is 3.01. The van der Waals surface area contributed by atoms with Crippen LogP contribution in [0.15, 0.2) is 0 Å².